The first-order valence-electron chi connectivity index (χ1n) is 7.36. The van der Waals surface area contributed by atoms with E-state index >= 15 is 0 Å². The Hall–Kier alpha value is -1.89. The van der Waals surface area contributed by atoms with Crippen LogP contribution in [-0.2, 0) is 9.53 Å². The van der Waals surface area contributed by atoms with E-state index in [1.807, 2.05) is 26.2 Å². The second-order valence-corrected chi connectivity index (χ2v) is 7.92. The molecule has 0 aliphatic carbocycles. The minimum atomic E-state index is -0.601. The fourth-order valence-electron chi connectivity index (χ4n) is 1.64. The van der Waals surface area contributed by atoms with Crippen LogP contribution in [0.3, 0.4) is 0 Å². The van der Waals surface area contributed by atoms with E-state index < -0.39 is 17.2 Å². The van der Waals surface area contributed by atoms with Crippen LogP contribution in [0.5, 0.6) is 0 Å². The zero-order valence-corrected chi connectivity index (χ0v) is 15.3. The summed E-state index contributed by atoms with van der Waals surface area (Å²) in [4.78, 5) is 27.8. The summed E-state index contributed by atoms with van der Waals surface area (Å²) in [6.07, 6.45) is 2.59. The molecule has 1 aromatic heterocycles. The van der Waals surface area contributed by atoms with E-state index in [1.165, 1.54) is 17.4 Å². The highest BCUT2D eigenvalue weighted by Crippen LogP contribution is 2.10. The average molecular weight is 339 g/mol. The van der Waals surface area contributed by atoms with Crippen molar-refractivity contribution in [3.05, 3.63) is 22.2 Å². The van der Waals surface area contributed by atoms with Gasteiger partial charge in [0, 0.05) is 18.0 Å². The van der Waals surface area contributed by atoms with E-state index in [0.717, 1.165) is 10.7 Å². The minimum absolute atomic E-state index is 0.244. The van der Waals surface area contributed by atoms with Crippen molar-refractivity contribution in [1.29, 1.82) is 0 Å². The standard InChI is InChI=1S/C16H25N3O3S/c1-11-18-12(9-23-11)7-8-13(20)19-16(5,6)10-17-14(21)22-15(2,3)4/h7-9H,10H2,1-6H3,(H,17,21)(H,19,20)/b8-7+. The van der Waals surface area contributed by atoms with Crippen LogP contribution in [0, 0.1) is 6.92 Å². The molecule has 0 radical (unpaired) electrons. The first kappa shape index (κ1) is 19.2. The first-order valence-corrected chi connectivity index (χ1v) is 8.24. The lowest BCUT2D eigenvalue weighted by Crippen LogP contribution is -2.51. The molecule has 0 saturated heterocycles. The molecule has 6 nitrogen and oxygen atoms in total. The van der Waals surface area contributed by atoms with Crippen molar-refractivity contribution in [3.63, 3.8) is 0 Å². The monoisotopic (exact) mass is 339 g/mol. The highest BCUT2D eigenvalue weighted by Gasteiger charge is 2.22. The second-order valence-electron chi connectivity index (χ2n) is 6.85. The molecule has 0 aromatic carbocycles. The highest BCUT2D eigenvalue weighted by molar-refractivity contribution is 7.09. The summed E-state index contributed by atoms with van der Waals surface area (Å²) < 4.78 is 5.16. The van der Waals surface area contributed by atoms with E-state index in [-0.39, 0.29) is 12.5 Å². The van der Waals surface area contributed by atoms with Gasteiger partial charge in [0.1, 0.15) is 5.60 Å². The van der Waals surface area contributed by atoms with Crippen molar-refractivity contribution >= 4 is 29.4 Å². The topological polar surface area (TPSA) is 80.3 Å². The molecule has 0 aliphatic rings. The molecular weight excluding hydrogens is 314 g/mol. The SMILES string of the molecule is Cc1nc(/C=C/C(=O)NC(C)(C)CNC(=O)OC(C)(C)C)cs1. The zero-order valence-electron chi connectivity index (χ0n) is 14.5. The Morgan fingerprint density at radius 3 is 2.48 bits per heavy atom. The largest absolute Gasteiger partial charge is 0.444 e. The van der Waals surface area contributed by atoms with E-state index in [1.54, 1.807) is 26.8 Å². The van der Waals surface area contributed by atoms with Crippen molar-refractivity contribution in [3.8, 4) is 0 Å². The van der Waals surface area contributed by atoms with E-state index in [2.05, 4.69) is 15.6 Å². The lowest BCUT2D eigenvalue weighted by Gasteiger charge is -2.27. The molecule has 7 heteroatoms. The van der Waals surface area contributed by atoms with Crippen LogP contribution in [0.4, 0.5) is 4.79 Å². The fourth-order valence-corrected chi connectivity index (χ4v) is 2.23. The number of nitrogens with zero attached hydrogens (tertiary/aromatic N) is 1. The fraction of sp³-hybridized carbons (Fsp3) is 0.562. The second kappa shape index (κ2) is 7.59. The number of ether oxygens (including phenoxy) is 1. The van der Waals surface area contributed by atoms with Crippen LogP contribution in [0.1, 0.15) is 45.3 Å². The number of hydrogen-bond acceptors (Lipinski definition) is 5. The molecule has 1 rings (SSSR count). The predicted molar refractivity (Wildman–Crippen MR) is 92.3 cm³/mol. The number of rotatable bonds is 5. The molecule has 2 amide bonds. The number of aryl methyl sites for hydroxylation is 1. The number of alkyl carbamates (subject to hydrolysis) is 1. The lowest BCUT2D eigenvalue weighted by atomic mass is 10.1. The highest BCUT2D eigenvalue weighted by atomic mass is 32.1. The number of nitrogens with one attached hydrogen (secondary N) is 2. The smallest absolute Gasteiger partial charge is 0.407 e. The van der Waals surface area contributed by atoms with Gasteiger partial charge in [0.15, 0.2) is 0 Å². The Bertz CT molecular complexity index is 586. The molecule has 2 N–H and O–H groups in total. The molecule has 0 spiro atoms. The molecule has 0 bridgehead atoms. The minimum Gasteiger partial charge on any atom is -0.444 e. The quantitative estimate of drug-likeness (QED) is 0.808. The van der Waals surface area contributed by atoms with Crippen LogP contribution in [-0.4, -0.2) is 34.7 Å². The van der Waals surface area contributed by atoms with E-state index in [4.69, 9.17) is 4.74 Å². The van der Waals surface area contributed by atoms with Crippen molar-refractivity contribution < 1.29 is 14.3 Å². The van der Waals surface area contributed by atoms with Gasteiger partial charge in [-0.15, -0.1) is 11.3 Å². The molecule has 128 valence electrons. The van der Waals surface area contributed by atoms with Gasteiger partial charge < -0.3 is 15.4 Å². The summed E-state index contributed by atoms with van der Waals surface area (Å²) in [5.74, 6) is -0.244. The summed E-state index contributed by atoms with van der Waals surface area (Å²) in [6, 6.07) is 0. The van der Waals surface area contributed by atoms with Crippen molar-refractivity contribution in [1.82, 2.24) is 15.6 Å². The molecule has 0 unspecified atom stereocenters. The van der Waals surface area contributed by atoms with Gasteiger partial charge in [-0.25, -0.2) is 9.78 Å². The van der Waals surface area contributed by atoms with Crippen molar-refractivity contribution in [2.45, 2.75) is 52.7 Å². The normalized spacial score (nSPS) is 12.3. The number of carbonyl (C=O) groups is 2. The van der Waals surface area contributed by atoms with Gasteiger partial charge in [-0.1, -0.05) is 0 Å². The van der Waals surface area contributed by atoms with Gasteiger partial charge in [0.2, 0.25) is 5.91 Å². The van der Waals surface area contributed by atoms with Gasteiger partial charge >= 0.3 is 6.09 Å². The molecule has 0 saturated carbocycles. The molecule has 0 fully saturated rings. The number of aromatic nitrogens is 1. The number of thiazole rings is 1. The molecule has 23 heavy (non-hydrogen) atoms. The Kier molecular flexibility index (Phi) is 6.32. The van der Waals surface area contributed by atoms with E-state index in [9.17, 15) is 9.59 Å². The van der Waals surface area contributed by atoms with Crippen LogP contribution < -0.4 is 10.6 Å². The number of carbonyl (C=O) groups excluding carboxylic acids is 2. The third kappa shape index (κ3) is 8.35. The molecule has 0 aliphatic heterocycles. The van der Waals surface area contributed by atoms with Crippen LogP contribution >= 0.6 is 11.3 Å². The number of hydrogen-bond donors (Lipinski definition) is 2. The first-order chi connectivity index (χ1) is 10.5. The zero-order chi connectivity index (χ0) is 17.7. The lowest BCUT2D eigenvalue weighted by molar-refractivity contribution is -0.117. The van der Waals surface area contributed by atoms with Gasteiger partial charge in [-0.05, 0) is 47.6 Å². The Morgan fingerprint density at radius 1 is 1.30 bits per heavy atom. The van der Waals surface area contributed by atoms with Crippen molar-refractivity contribution in [2.24, 2.45) is 0 Å². The van der Waals surface area contributed by atoms with E-state index in [0.29, 0.717) is 0 Å². The Morgan fingerprint density at radius 2 is 1.96 bits per heavy atom. The third-order valence-electron chi connectivity index (χ3n) is 2.58. The third-order valence-corrected chi connectivity index (χ3v) is 3.37. The molecule has 0 atom stereocenters. The summed E-state index contributed by atoms with van der Waals surface area (Å²) in [7, 11) is 0. The number of amides is 2. The van der Waals surface area contributed by atoms with Crippen molar-refractivity contribution in [2.75, 3.05) is 6.54 Å². The summed E-state index contributed by atoms with van der Waals surface area (Å²) >= 11 is 1.53. The maximum atomic E-state index is 11.9. The van der Waals surface area contributed by atoms with Gasteiger partial charge in [0.05, 0.1) is 16.2 Å². The van der Waals surface area contributed by atoms with Crippen LogP contribution in [0.15, 0.2) is 11.5 Å². The summed E-state index contributed by atoms with van der Waals surface area (Å²) in [6.45, 7) is 11.2. The Balaban J connectivity index is 2.46. The maximum Gasteiger partial charge on any atom is 0.407 e. The van der Waals surface area contributed by atoms with Gasteiger partial charge in [-0.3, -0.25) is 4.79 Å². The summed E-state index contributed by atoms with van der Waals surface area (Å²) in [5, 5.41) is 8.32. The van der Waals surface area contributed by atoms with Gasteiger partial charge in [-0.2, -0.15) is 0 Å². The van der Waals surface area contributed by atoms with Gasteiger partial charge in [0.25, 0.3) is 0 Å². The Labute approximate surface area is 141 Å². The molecular formula is C16H25N3O3S. The van der Waals surface area contributed by atoms with Crippen LogP contribution in [0.2, 0.25) is 0 Å². The molecule has 1 heterocycles. The maximum absolute atomic E-state index is 11.9. The molecule has 1 aromatic rings. The predicted octanol–water partition coefficient (Wildman–Crippen LogP) is 2.88. The van der Waals surface area contributed by atoms with Crippen LogP contribution in [0.25, 0.3) is 6.08 Å². The summed E-state index contributed by atoms with van der Waals surface area (Å²) in [5.41, 5.74) is -0.394. The average Bonchev–Trinajstić information content (AvgIpc) is 2.78.